The fraction of sp³-hybridized carbons (Fsp3) is 0.500. The lowest BCUT2D eigenvalue weighted by molar-refractivity contribution is -0.137. The molecule has 1 atom stereocenters. The minimum absolute atomic E-state index is 0.0206. The van der Waals surface area contributed by atoms with Gasteiger partial charge in [0.15, 0.2) is 0 Å². The van der Waals surface area contributed by atoms with E-state index in [2.05, 4.69) is 5.32 Å². The molecule has 0 spiro atoms. The average Bonchev–Trinajstić information content (AvgIpc) is 2.99. The van der Waals surface area contributed by atoms with Gasteiger partial charge in [-0.3, -0.25) is 9.59 Å². The molecule has 5 heteroatoms. The lowest BCUT2D eigenvalue weighted by atomic mass is 10.1. The number of carboxylic acids is 1. The van der Waals surface area contributed by atoms with Gasteiger partial charge in [-0.15, -0.1) is 0 Å². The van der Waals surface area contributed by atoms with Crippen LogP contribution in [0.2, 0.25) is 0 Å². The van der Waals surface area contributed by atoms with Crippen molar-refractivity contribution in [1.29, 1.82) is 0 Å². The molecule has 17 heavy (non-hydrogen) atoms. The Kier molecular flexibility index (Phi) is 3.17. The standard InChI is InChI=1S/C12H15NO4/c1-7-4-9(6-17-7)12(16)13-10(5-11(14)15)8-2-3-8/h4,6,8,10H,2-3,5H2,1H3,(H,13,16)(H,14,15). The maximum atomic E-state index is 11.8. The zero-order valence-electron chi connectivity index (χ0n) is 9.60. The van der Waals surface area contributed by atoms with Crippen molar-refractivity contribution in [2.24, 2.45) is 5.92 Å². The van der Waals surface area contributed by atoms with Crippen LogP contribution >= 0.6 is 0 Å². The van der Waals surface area contributed by atoms with Gasteiger partial charge >= 0.3 is 5.97 Å². The third-order valence-corrected chi connectivity index (χ3v) is 2.89. The van der Waals surface area contributed by atoms with Crippen LogP contribution in [0.25, 0.3) is 0 Å². The Hall–Kier alpha value is -1.78. The molecule has 1 aliphatic rings. The third kappa shape index (κ3) is 3.09. The van der Waals surface area contributed by atoms with Crippen LogP contribution in [0.3, 0.4) is 0 Å². The molecule has 1 unspecified atom stereocenters. The van der Waals surface area contributed by atoms with Gasteiger partial charge in [0.05, 0.1) is 12.0 Å². The van der Waals surface area contributed by atoms with Crippen LogP contribution < -0.4 is 5.32 Å². The normalized spacial score (nSPS) is 16.5. The number of rotatable bonds is 5. The summed E-state index contributed by atoms with van der Waals surface area (Å²) in [5.41, 5.74) is 0.443. The van der Waals surface area contributed by atoms with Crippen molar-refractivity contribution in [2.75, 3.05) is 0 Å². The molecule has 1 heterocycles. The van der Waals surface area contributed by atoms with E-state index in [1.165, 1.54) is 6.26 Å². The van der Waals surface area contributed by atoms with Crippen LogP contribution in [0.15, 0.2) is 16.7 Å². The van der Waals surface area contributed by atoms with Gasteiger partial charge in [0.1, 0.15) is 12.0 Å². The van der Waals surface area contributed by atoms with Crippen molar-refractivity contribution in [3.8, 4) is 0 Å². The Morgan fingerprint density at radius 2 is 2.29 bits per heavy atom. The van der Waals surface area contributed by atoms with Crippen molar-refractivity contribution in [1.82, 2.24) is 5.32 Å². The number of aryl methyl sites for hydroxylation is 1. The number of aliphatic carboxylic acids is 1. The number of amides is 1. The molecule has 1 aromatic heterocycles. The van der Waals surface area contributed by atoms with Crippen molar-refractivity contribution < 1.29 is 19.1 Å². The highest BCUT2D eigenvalue weighted by Crippen LogP contribution is 2.34. The summed E-state index contributed by atoms with van der Waals surface area (Å²) in [4.78, 5) is 22.5. The zero-order chi connectivity index (χ0) is 12.4. The predicted octanol–water partition coefficient (Wildman–Crippen LogP) is 1.57. The first-order valence-corrected chi connectivity index (χ1v) is 5.64. The summed E-state index contributed by atoms with van der Waals surface area (Å²) in [5, 5.41) is 11.5. The van der Waals surface area contributed by atoms with Gasteiger partial charge in [-0.05, 0) is 31.7 Å². The Morgan fingerprint density at radius 1 is 1.59 bits per heavy atom. The monoisotopic (exact) mass is 237 g/mol. The van der Waals surface area contributed by atoms with Crippen LogP contribution in [0.1, 0.15) is 35.4 Å². The first-order valence-electron chi connectivity index (χ1n) is 5.64. The van der Waals surface area contributed by atoms with Gasteiger partial charge in [-0.25, -0.2) is 0 Å². The summed E-state index contributed by atoms with van der Waals surface area (Å²) in [6.07, 6.45) is 3.34. The van der Waals surface area contributed by atoms with Gasteiger partial charge in [-0.2, -0.15) is 0 Å². The Balaban J connectivity index is 1.97. The number of carbonyl (C=O) groups is 2. The smallest absolute Gasteiger partial charge is 0.305 e. The predicted molar refractivity (Wildman–Crippen MR) is 59.7 cm³/mol. The second-order valence-electron chi connectivity index (χ2n) is 4.46. The van der Waals surface area contributed by atoms with Gasteiger partial charge in [0.2, 0.25) is 0 Å². The first-order chi connectivity index (χ1) is 8.06. The van der Waals surface area contributed by atoms with E-state index >= 15 is 0 Å². The second kappa shape index (κ2) is 4.61. The van der Waals surface area contributed by atoms with Crippen molar-refractivity contribution in [3.05, 3.63) is 23.7 Å². The molecule has 0 bridgehead atoms. The SMILES string of the molecule is Cc1cc(C(=O)NC(CC(=O)O)C2CC2)co1. The molecule has 1 amide bonds. The number of carboxylic acid groups (broad SMARTS) is 1. The summed E-state index contributed by atoms with van der Waals surface area (Å²) < 4.78 is 5.05. The number of hydrogen-bond donors (Lipinski definition) is 2. The molecule has 0 saturated heterocycles. The second-order valence-corrected chi connectivity index (χ2v) is 4.46. The Bertz CT molecular complexity index is 433. The van der Waals surface area contributed by atoms with E-state index < -0.39 is 5.97 Å². The molecule has 92 valence electrons. The summed E-state index contributed by atoms with van der Waals surface area (Å²) in [5.74, 6) is -0.176. The summed E-state index contributed by atoms with van der Waals surface area (Å²) in [6, 6.07) is 1.37. The molecule has 1 aromatic rings. The maximum absolute atomic E-state index is 11.8. The molecule has 1 fully saturated rings. The largest absolute Gasteiger partial charge is 0.481 e. The van der Waals surface area contributed by atoms with E-state index in [1.54, 1.807) is 13.0 Å². The number of hydrogen-bond acceptors (Lipinski definition) is 3. The summed E-state index contributed by atoms with van der Waals surface area (Å²) in [7, 11) is 0. The average molecular weight is 237 g/mol. The molecule has 0 aromatic carbocycles. The molecule has 5 nitrogen and oxygen atoms in total. The van der Waals surface area contributed by atoms with Gasteiger partial charge < -0.3 is 14.8 Å². The Labute approximate surface area is 98.8 Å². The fourth-order valence-electron chi connectivity index (χ4n) is 1.84. The lowest BCUT2D eigenvalue weighted by Gasteiger charge is -2.15. The highest BCUT2D eigenvalue weighted by atomic mass is 16.4. The van der Waals surface area contributed by atoms with E-state index in [4.69, 9.17) is 9.52 Å². The summed E-state index contributed by atoms with van der Waals surface area (Å²) in [6.45, 7) is 1.76. The van der Waals surface area contributed by atoms with Crippen LogP contribution in [0.5, 0.6) is 0 Å². The van der Waals surface area contributed by atoms with Crippen molar-refractivity contribution >= 4 is 11.9 Å². The van der Waals surface area contributed by atoms with Crippen LogP contribution in [0, 0.1) is 12.8 Å². The van der Waals surface area contributed by atoms with E-state index in [0.717, 1.165) is 12.8 Å². The van der Waals surface area contributed by atoms with Crippen LogP contribution in [-0.4, -0.2) is 23.0 Å². The Morgan fingerprint density at radius 3 is 2.76 bits per heavy atom. The number of furan rings is 1. The van der Waals surface area contributed by atoms with E-state index in [-0.39, 0.29) is 18.4 Å². The van der Waals surface area contributed by atoms with Gasteiger partial charge in [0.25, 0.3) is 5.91 Å². The third-order valence-electron chi connectivity index (χ3n) is 2.89. The van der Waals surface area contributed by atoms with E-state index in [9.17, 15) is 9.59 Å². The molecular formula is C12H15NO4. The lowest BCUT2D eigenvalue weighted by Crippen LogP contribution is -2.37. The molecule has 2 N–H and O–H groups in total. The summed E-state index contributed by atoms with van der Waals surface area (Å²) >= 11 is 0. The molecule has 0 radical (unpaired) electrons. The van der Waals surface area contributed by atoms with Gasteiger partial charge in [0, 0.05) is 6.04 Å². The number of carbonyl (C=O) groups excluding carboxylic acids is 1. The minimum Gasteiger partial charge on any atom is -0.481 e. The number of nitrogens with one attached hydrogen (secondary N) is 1. The first kappa shape index (κ1) is 11.7. The molecular weight excluding hydrogens is 222 g/mol. The van der Waals surface area contributed by atoms with Crippen molar-refractivity contribution in [3.63, 3.8) is 0 Å². The maximum Gasteiger partial charge on any atom is 0.305 e. The van der Waals surface area contributed by atoms with Crippen LogP contribution in [0.4, 0.5) is 0 Å². The van der Waals surface area contributed by atoms with Gasteiger partial charge in [-0.1, -0.05) is 0 Å². The molecule has 1 saturated carbocycles. The minimum atomic E-state index is -0.884. The van der Waals surface area contributed by atoms with E-state index in [0.29, 0.717) is 17.2 Å². The topological polar surface area (TPSA) is 79.5 Å². The highest BCUT2D eigenvalue weighted by Gasteiger charge is 2.34. The van der Waals surface area contributed by atoms with Crippen LogP contribution in [-0.2, 0) is 4.79 Å². The molecule has 1 aliphatic carbocycles. The molecule has 0 aliphatic heterocycles. The van der Waals surface area contributed by atoms with E-state index in [1.807, 2.05) is 0 Å². The fourth-order valence-corrected chi connectivity index (χ4v) is 1.84. The highest BCUT2D eigenvalue weighted by molar-refractivity contribution is 5.94. The quantitative estimate of drug-likeness (QED) is 0.814. The molecule has 2 rings (SSSR count). The zero-order valence-corrected chi connectivity index (χ0v) is 9.60. The van der Waals surface area contributed by atoms with Crippen molar-refractivity contribution in [2.45, 2.75) is 32.2 Å².